The van der Waals surface area contributed by atoms with Gasteiger partial charge >= 0.3 is 18.0 Å². The van der Waals surface area contributed by atoms with E-state index in [4.69, 9.17) is 9.84 Å². The second-order valence-electron chi connectivity index (χ2n) is 11.1. The van der Waals surface area contributed by atoms with E-state index in [1.807, 2.05) is 12.1 Å². The fraction of sp³-hybridized carbons (Fsp3) is 0.312. The van der Waals surface area contributed by atoms with Gasteiger partial charge in [0.25, 0.3) is 0 Å². The second-order valence-corrected chi connectivity index (χ2v) is 13.0. The molecular formula is C32H37N5O11S. The standard InChI is InChI=1S/C32H37N5O11S/c1-37-18-21(23-10-6-7-11-26(23)37)14-24(30(43)33-17-27(38)34-22(15-28(39)40)12-13-49(2,46)47)35-31(44)25(16-29(41)42)36-32(45)48-19-20-8-4-3-5-9-20/h3-13,18,22,24-25H,14-17,19H2,1-2H3,(H,33,43)(H,34,38)(H,35,44)(H,36,45)(H,39,40)(H,41,42)/b13-12+/t22-,24+,25+/m1/s1. The van der Waals surface area contributed by atoms with Gasteiger partial charge in [0.05, 0.1) is 25.4 Å². The van der Waals surface area contributed by atoms with E-state index < -0.39 is 83.1 Å². The zero-order valence-corrected chi connectivity index (χ0v) is 27.4. The third kappa shape index (κ3) is 12.8. The summed E-state index contributed by atoms with van der Waals surface area (Å²) in [4.78, 5) is 74.8. The number of carbonyl (C=O) groups excluding carboxylic acids is 4. The highest BCUT2D eigenvalue weighted by Crippen LogP contribution is 2.21. The molecule has 1 aromatic heterocycles. The van der Waals surface area contributed by atoms with Gasteiger partial charge < -0.3 is 40.8 Å². The minimum absolute atomic E-state index is 0.114. The Hall–Kier alpha value is -5.71. The molecule has 0 aliphatic rings. The Labute approximate surface area is 281 Å². The molecule has 2 aromatic carbocycles. The zero-order valence-electron chi connectivity index (χ0n) is 26.6. The van der Waals surface area contributed by atoms with E-state index in [1.165, 1.54) is 0 Å². The Morgan fingerprint density at radius 3 is 2.16 bits per heavy atom. The van der Waals surface area contributed by atoms with Crippen molar-refractivity contribution < 1.29 is 52.1 Å². The lowest BCUT2D eigenvalue weighted by Crippen LogP contribution is -2.55. The molecule has 0 saturated heterocycles. The van der Waals surface area contributed by atoms with Gasteiger partial charge in [0.1, 0.15) is 18.7 Å². The van der Waals surface area contributed by atoms with Crippen LogP contribution in [-0.2, 0) is 58.6 Å². The Morgan fingerprint density at radius 1 is 0.857 bits per heavy atom. The number of alkyl carbamates (subject to hydrolysis) is 1. The molecular weight excluding hydrogens is 662 g/mol. The predicted molar refractivity (Wildman–Crippen MR) is 176 cm³/mol. The van der Waals surface area contributed by atoms with Crippen molar-refractivity contribution in [2.75, 3.05) is 12.8 Å². The molecule has 3 atom stereocenters. The maximum absolute atomic E-state index is 13.4. The van der Waals surface area contributed by atoms with Crippen LogP contribution in [0.15, 0.2) is 72.3 Å². The van der Waals surface area contributed by atoms with Crippen molar-refractivity contribution in [1.82, 2.24) is 25.8 Å². The Bertz CT molecular complexity index is 1820. The summed E-state index contributed by atoms with van der Waals surface area (Å²) in [5.74, 6) is -5.48. The van der Waals surface area contributed by atoms with Crippen molar-refractivity contribution in [2.45, 2.75) is 44.0 Å². The summed E-state index contributed by atoms with van der Waals surface area (Å²) in [5.41, 5.74) is 2.09. The highest BCUT2D eigenvalue weighted by atomic mass is 32.2. The van der Waals surface area contributed by atoms with Gasteiger partial charge in [-0.25, -0.2) is 13.2 Å². The molecule has 0 unspecified atom stereocenters. The van der Waals surface area contributed by atoms with E-state index in [1.54, 1.807) is 60.3 Å². The molecule has 262 valence electrons. The smallest absolute Gasteiger partial charge is 0.408 e. The molecule has 0 spiro atoms. The number of aryl methyl sites for hydroxylation is 1. The molecule has 3 aromatic rings. The molecule has 49 heavy (non-hydrogen) atoms. The molecule has 6 N–H and O–H groups in total. The summed E-state index contributed by atoms with van der Waals surface area (Å²) in [7, 11) is -1.85. The van der Waals surface area contributed by atoms with E-state index in [0.29, 0.717) is 11.1 Å². The van der Waals surface area contributed by atoms with Crippen molar-refractivity contribution >= 4 is 56.5 Å². The maximum atomic E-state index is 13.4. The minimum atomic E-state index is -3.63. The van der Waals surface area contributed by atoms with Crippen LogP contribution in [0, 0.1) is 0 Å². The number of para-hydroxylation sites is 1. The first-order valence-corrected chi connectivity index (χ1v) is 16.8. The largest absolute Gasteiger partial charge is 0.481 e. The number of fused-ring (bicyclic) bond motifs is 1. The van der Waals surface area contributed by atoms with Crippen molar-refractivity contribution in [3.63, 3.8) is 0 Å². The second kappa shape index (κ2) is 17.4. The lowest BCUT2D eigenvalue weighted by molar-refractivity contribution is -0.140. The lowest BCUT2D eigenvalue weighted by Gasteiger charge is -2.22. The molecule has 0 radical (unpaired) electrons. The average Bonchev–Trinajstić information content (AvgIpc) is 3.35. The van der Waals surface area contributed by atoms with Crippen LogP contribution in [0.5, 0.6) is 0 Å². The summed E-state index contributed by atoms with van der Waals surface area (Å²) in [6, 6.07) is 11.6. The van der Waals surface area contributed by atoms with E-state index >= 15 is 0 Å². The van der Waals surface area contributed by atoms with Gasteiger partial charge in [-0.1, -0.05) is 54.6 Å². The first-order chi connectivity index (χ1) is 23.1. The number of carboxylic acid groups (broad SMARTS) is 2. The fourth-order valence-electron chi connectivity index (χ4n) is 4.72. The van der Waals surface area contributed by atoms with Gasteiger partial charge in [0, 0.05) is 42.2 Å². The third-order valence-corrected chi connectivity index (χ3v) is 7.61. The molecule has 0 aliphatic carbocycles. The lowest BCUT2D eigenvalue weighted by atomic mass is 10.0. The highest BCUT2D eigenvalue weighted by molar-refractivity contribution is 7.93. The molecule has 0 saturated carbocycles. The van der Waals surface area contributed by atoms with E-state index in [2.05, 4.69) is 21.3 Å². The van der Waals surface area contributed by atoms with E-state index in [9.17, 15) is 42.3 Å². The van der Waals surface area contributed by atoms with Crippen LogP contribution >= 0.6 is 0 Å². The molecule has 4 amide bonds. The molecule has 0 fully saturated rings. The number of hydrogen-bond donors (Lipinski definition) is 6. The SMILES string of the molecule is Cn1cc(C[C@H](NC(=O)[C@H](CC(=O)O)NC(=O)OCc2ccccc2)C(=O)NCC(=O)N[C@H](/C=C/S(C)(=O)=O)CC(=O)O)c2ccccc21. The Balaban J connectivity index is 1.78. The van der Waals surface area contributed by atoms with Crippen molar-refractivity contribution in [2.24, 2.45) is 7.05 Å². The zero-order chi connectivity index (χ0) is 36.1. The highest BCUT2D eigenvalue weighted by Gasteiger charge is 2.30. The number of carboxylic acids is 2. The van der Waals surface area contributed by atoms with Gasteiger partial charge in [-0.05, 0) is 17.2 Å². The predicted octanol–water partition coefficient (Wildman–Crippen LogP) is 0.609. The molecule has 17 heteroatoms. The molecule has 1 heterocycles. The number of amides is 4. The quantitative estimate of drug-likeness (QED) is 0.114. The Kier molecular flexibility index (Phi) is 13.4. The average molecular weight is 700 g/mol. The number of nitrogens with one attached hydrogen (secondary N) is 4. The Morgan fingerprint density at radius 2 is 1.51 bits per heavy atom. The van der Waals surface area contributed by atoms with E-state index in [-0.39, 0.29) is 13.0 Å². The van der Waals surface area contributed by atoms with Gasteiger partial charge in [0.15, 0.2) is 9.84 Å². The van der Waals surface area contributed by atoms with Crippen LogP contribution in [0.4, 0.5) is 4.79 Å². The first kappa shape index (κ1) is 37.7. The van der Waals surface area contributed by atoms with Crippen LogP contribution in [0.2, 0.25) is 0 Å². The van der Waals surface area contributed by atoms with Crippen LogP contribution in [0.25, 0.3) is 10.9 Å². The number of benzene rings is 2. The van der Waals surface area contributed by atoms with Gasteiger partial charge in [0.2, 0.25) is 17.7 Å². The van der Waals surface area contributed by atoms with Crippen molar-refractivity contribution in [3.05, 3.63) is 83.4 Å². The summed E-state index contributed by atoms with van der Waals surface area (Å²) in [6.45, 7) is -0.841. The van der Waals surface area contributed by atoms with Crippen LogP contribution in [0.3, 0.4) is 0 Å². The molecule has 0 aliphatic heterocycles. The number of aliphatic carboxylic acids is 2. The van der Waals surface area contributed by atoms with Crippen LogP contribution < -0.4 is 21.3 Å². The number of sulfone groups is 1. The summed E-state index contributed by atoms with van der Waals surface area (Å²) < 4.78 is 29.9. The number of ether oxygens (including phenoxy) is 1. The number of rotatable bonds is 17. The number of hydrogen-bond acceptors (Lipinski definition) is 9. The molecule has 16 nitrogen and oxygen atoms in total. The molecule has 0 bridgehead atoms. The molecule has 3 rings (SSSR count). The fourth-order valence-corrected chi connectivity index (χ4v) is 5.20. The number of carbonyl (C=O) groups is 6. The van der Waals surface area contributed by atoms with Gasteiger partial charge in [-0.2, -0.15) is 0 Å². The summed E-state index contributed by atoms with van der Waals surface area (Å²) >= 11 is 0. The van der Waals surface area contributed by atoms with Crippen LogP contribution in [-0.4, -0.2) is 89.9 Å². The van der Waals surface area contributed by atoms with Crippen LogP contribution in [0.1, 0.15) is 24.0 Å². The number of nitrogens with zero attached hydrogens (tertiary/aromatic N) is 1. The minimum Gasteiger partial charge on any atom is -0.481 e. The van der Waals surface area contributed by atoms with Gasteiger partial charge in [-0.3, -0.25) is 24.0 Å². The topological polar surface area (TPSA) is 239 Å². The third-order valence-electron chi connectivity index (χ3n) is 6.96. The number of aromatic nitrogens is 1. The maximum Gasteiger partial charge on any atom is 0.408 e. The van der Waals surface area contributed by atoms with Crippen molar-refractivity contribution in [3.8, 4) is 0 Å². The van der Waals surface area contributed by atoms with E-state index in [0.717, 1.165) is 28.6 Å². The van der Waals surface area contributed by atoms with Gasteiger partial charge in [-0.15, -0.1) is 0 Å². The monoisotopic (exact) mass is 699 g/mol. The summed E-state index contributed by atoms with van der Waals surface area (Å²) in [6.07, 6.45) is 0.948. The first-order valence-electron chi connectivity index (χ1n) is 14.8. The summed E-state index contributed by atoms with van der Waals surface area (Å²) in [5, 5.41) is 29.4. The normalized spacial score (nSPS) is 13.2. The van der Waals surface area contributed by atoms with Crippen molar-refractivity contribution in [1.29, 1.82) is 0 Å².